The topological polar surface area (TPSA) is 67.2 Å². The summed E-state index contributed by atoms with van der Waals surface area (Å²) in [5, 5.41) is 14.6. The van der Waals surface area contributed by atoms with Crippen molar-refractivity contribution in [1.29, 1.82) is 0 Å². The second kappa shape index (κ2) is 6.19. The van der Waals surface area contributed by atoms with Gasteiger partial charge in [0.1, 0.15) is 0 Å². The number of rotatable bonds is 5. The molecule has 6 heteroatoms. The Hall–Kier alpha value is -1.66. The fourth-order valence-electron chi connectivity index (χ4n) is 2.18. The Morgan fingerprint density at radius 1 is 1.55 bits per heavy atom. The number of carbonyl (C=O) groups is 1. The zero-order chi connectivity index (χ0) is 14.7. The highest BCUT2D eigenvalue weighted by atomic mass is 32.1. The van der Waals surface area contributed by atoms with Gasteiger partial charge in [-0.15, -0.1) is 11.3 Å². The van der Waals surface area contributed by atoms with E-state index >= 15 is 0 Å². The van der Waals surface area contributed by atoms with Crippen molar-refractivity contribution in [1.82, 2.24) is 14.9 Å². The molecule has 0 saturated heterocycles. The molecule has 0 radical (unpaired) electrons. The second-order valence-corrected chi connectivity index (χ2v) is 5.69. The van der Waals surface area contributed by atoms with Crippen molar-refractivity contribution >= 4 is 17.2 Å². The zero-order valence-corrected chi connectivity index (χ0v) is 12.7. The molecular weight excluding hydrogens is 274 g/mol. The van der Waals surface area contributed by atoms with E-state index in [0.29, 0.717) is 12.0 Å². The van der Waals surface area contributed by atoms with Crippen LogP contribution in [0.15, 0.2) is 17.6 Å². The summed E-state index contributed by atoms with van der Waals surface area (Å²) in [6, 6.07) is 1.83. The number of amides is 1. The molecule has 2 aromatic heterocycles. The molecule has 1 unspecified atom stereocenters. The molecule has 20 heavy (non-hydrogen) atoms. The first-order valence-corrected chi connectivity index (χ1v) is 7.43. The van der Waals surface area contributed by atoms with E-state index in [-0.39, 0.29) is 18.6 Å². The second-order valence-electron chi connectivity index (χ2n) is 4.82. The number of hydrogen-bond donors (Lipinski definition) is 2. The molecule has 0 aliphatic carbocycles. The van der Waals surface area contributed by atoms with Gasteiger partial charge in [-0.1, -0.05) is 0 Å². The molecule has 1 atom stereocenters. The van der Waals surface area contributed by atoms with Crippen LogP contribution < -0.4 is 5.32 Å². The largest absolute Gasteiger partial charge is 0.396 e. The number of aryl methyl sites for hydroxylation is 1. The number of aliphatic hydroxyl groups is 1. The van der Waals surface area contributed by atoms with E-state index < -0.39 is 0 Å². The monoisotopic (exact) mass is 293 g/mol. The Morgan fingerprint density at radius 2 is 2.30 bits per heavy atom. The summed E-state index contributed by atoms with van der Waals surface area (Å²) in [4.78, 5) is 16.6. The number of carbonyl (C=O) groups excluding carboxylic acids is 1. The van der Waals surface area contributed by atoms with Crippen LogP contribution in [0.4, 0.5) is 0 Å². The predicted octanol–water partition coefficient (Wildman–Crippen LogP) is 2.05. The molecule has 0 spiro atoms. The average Bonchev–Trinajstić information content (AvgIpc) is 2.97. The first kappa shape index (κ1) is 14.7. The van der Waals surface area contributed by atoms with Crippen molar-refractivity contribution < 1.29 is 9.90 Å². The minimum absolute atomic E-state index is 0.0459. The molecular formula is C14H19N3O2S. The third kappa shape index (κ3) is 2.91. The Bertz CT molecular complexity index is 590. The van der Waals surface area contributed by atoms with Crippen molar-refractivity contribution in [3.05, 3.63) is 34.6 Å². The summed E-state index contributed by atoms with van der Waals surface area (Å²) in [5.41, 5.74) is 2.52. The maximum Gasteiger partial charge on any atom is 0.253 e. The summed E-state index contributed by atoms with van der Waals surface area (Å²) >= 11 is 1.54. The van der Waals surface area contributed by atoms with Gasteiger partial charge in [0.25, 0.3) is 5.91 Å². The van der Waals surface area contributed by atoms with E-state index in [4.69, 9.17) is 5.11 Å². The Balaban J connectivity index is 2.26. The lowest BCUT2D eigenvalue weighted by molar-refractivity contribution is 0.0934. The SMILES string of the molecule is Cc1cc(C(=O)NC(C)CCO)c(C)n1-c1nccs1. The summed E-state index contributed by atoms with van der Waals surface area (Å²) in [6.45, 7) is 5.83. The van der Waals surface area contributed by atoms with Crippen LogP contribution in [0.2, 0.25) is 0 Å². The summed E-state index contributed by atoms with van der Waals surface area (Å²) in [5.74, 6) is -0.109. The lowest BCUT2D eigenvalue weighted by Crippen LogP contribution is -2.33. The third-order valence-electron chi connectivity index (χ3n) is 3.23. The molecule has 2 N–H and O–H groups in total. The zero-order valence-electron chi connectivity index (χ0n) is 11.9. The van der Waals surface area contributed by atoms with Gasteiger partial charge in [-0.05, 0) is 33.3 Å². The smallest absolute Gasteiger partial charge is 0.253 e. The van der Waals surface area contributed by atoms with Gasteiger partial charge in [0.15, 0.2) is 5.13 Å². The van der Waals surface area contributed by atoms with Crippen molar-refractivity contribution in [2.45, 2.75) is 33.2 Å². The highest BCUT2D eigenvalue weighted by Crippen LogP contribution is 2.22. The Kier molecular flexibility index (Phi) is 4.57. The van der Waals surface area contributed by atoms with E-state index in [1.54, 1.807) is 6.20 Å². The van der Waals surface area contributed by atoms with Crippen LogP contribution >= 0.6 is 11.3 Å². The lowest BCUT2D eigenvalue weighted by Gasteiger charge is -2.12. The molecule has 0 aliphatic heterocycles. The van der Waals surface area contributed by atoms with E-state index in [1.165, 1.54) is 11.3 Å². The number of aromatic nitrogens is 2. The highest BCUT2D eigenvalue weighted by Gasteiger charge is 2.18. The number of aliphatic hydroxyl groups excluding tert-OH is 1. The maximum atomic E-state index is 12.3. The fourth-order valence-corrected chi connectivity index (χ4v) is 2.93. The first-order valence-electron chi connectivity index (χ1n) is 6.55. The molecule has 5 nitrogen and oxygen atoms in total. The first-order chi connectivity index (χ1) is 9.54. The molecule has 0 aliphatic rings. The van der Waals surface area contributed by atoms with Crippen molar-refractivity contribution in [2.75, 3.05) is 6.61 Å². The van der Waals surface area contributed by atoms with E-state index in [1.807, 2.05) is 36.8 Å². The van der Waals surface area contributed by atoms with Gasteiger partial charge in [-0.25, -0.2) is 4.98 Å². The minimum atomic E-state index is -0.109. The van der Waals surface area contributed by atoms with E-state index in [9.17, 15) is 4.79 Å². The number of thiazole rings is 1. The standard InChI is InChI=1S/C14H19N3O2S/c1-9(4-6-18)16-13(19)12-8-10(2)17(11(12)3)14-15-5-7-20-14/h5,7-9,18H,4,6H2,1-3H3,(H,16,19). The number of nitrogens with one attached hydrogen (secondary N) is 1. The van der Waals surface area contributed by atoms with Crippen molar-refractivity contribution in [3.63, 3.8) is 0 Å². The molecule has 0 aromatic carbocycles. The van der Waals surface area contributed by atoms with Gasteiger partial charge in [0.05, 0.1) is 5.56 Å². The molecule has 2 rings (SSSR count). The minimum Gasteiger partial charge on any atom is -0.396 e. The predicted molar refractivity (Wildman–Crippen MR) is 79.5 cm³/mol. The van der Waals surface area contributed by atoms with E-state index in [0.717, 1.165) is 16.5 Å². The lowest BCUT2D eigenvalue weighted by atomic mass is 10.2. The van der Waals surface area contributed by atoms with Gasteiger partial charge in [-0.3, -0.25) is 9.36 Å². The van der Waals surface area contributed by atoms with Crippen LogP contribution in [0.25, 0.3) is 5.13 Å². The molecule has 0 fully saturated rings. The molecule has 1 amide bonds. The molecule has 0 saturated carbocycles. The quantitative estimate of drug-likeness (QED) is 0.886. The molecule has 2 aromatic rings. The van der Waals surface area contributed by atoms with Gasteiger partial charge in [0.2, 0.25) is 0 Å². The molecule has 2 heterocycles. The maximum absolute atomic E-state index is 12.3. The van der Waals surface area contributed by atoms with Crippen LogP contribution in [0, 0.1) is 13.8 Å². The summed E-state index contributed by atoms with van der Waals surface area (Å²) < 4.78 is 1.98. The van der Waals surface area contributed by atoms with Crippen molar-refractivity contribution in [3.8, 4) is 5.13 Å². The number of nitrogens with zero attached hydrogens (tertiary/aromatic N) is 2. The Labute approximate surface area is 122 Å². The van der Waals surface area contributed by atoms with Crippen LogP contribution in [0.5, 0.6) is 0 Å². The van der Waals surface area contributed by atoms with Crippen LogP contribution in [-0.4, -0.2) is 33.2 Å². The molecule has 108 valence electrons. The van der Waals surface area contributed by atoms with Crippen LogP contribution in [-0.2, 0) is 0 Å². The average molecular weight is 293 g/mol. The summed E-state index contributed by atoms with van der Waals surface area (Å²) in [6.07, 6.45) is 2.30. The van der Waals surface area contributed by atoms with Gasteiger partial charge in [0, 0.05) is 35.6 Å². The summed E-state index contributed by atoms with van der Waals surface area (Å²) in [7, 11) is 0. The van der Waals surface area contributed by atoms with Gasteiger partial charge >= 0.3 is 0 Å². The van der Waals surface area contributed by atoms with Crippen LogP contribution in [0.3, 0.4) is 0 Å². The van der Waals surface area contributed by atoms with E-state index in [2.05, 4.69) is 10.3 Å². The normalized spacial score (nSPS) is 12.4. The van der Waals surface area contributed by atoms with Crippen molar-refractivity contribution in [2.24, 2.45) is 0 Å². The highest BCUT2D eigenvalue weighted by molar-refractivity contribution is 7.12. The van der Waals surface area contributed by atoms with Crippen LogP contribution in [0.1, 0.15) is 35.1 Å². The number of hydrogen-bond acceptors (Lipinski definition) is 4. The Morgan fingerprint density at radius 3 is 2.90 bits per heavy atom. The molecule has 0 bridgehead atoms. The third-order valence-corrected chi connectivity index (χ3v) is 3.98. The fraction of sp³-hybridized carbons (Fsp3) is 0.429. The van der Waals surface area contributed by atoms with Gasteiger partial charge in [-0.2, -0.15) is 0 Å². The van der Waals surface area contributed by atoms with Gasteiger partial charge < -0.3 is 10.4 Å².